The number of hydrogen-bond acceptors (Lipinski definition) is 6. The van der Waals surface area contributed by atoms with Gasteiger partial charge in [0.2, 0.25) is 0 Å². The molecule has 0 saturated carbocycles. The minimum absolute atomic E-state index is 0.485. The lowest BCUT2D eigenvalue weighted by Crippen LogP contribution is -2.20. The Labute approximate surface area is 137 Å². The number of aliphatic hydroxyl groups is 2. The van der Waals surface area contributed by atoms with Crippen molar-refractivity contribution in [3.8, 4) is 0 Å². The quantitative estimate of drug-likeness (QED) is 0.737. The number of nitrogens with one attached hydrogen (secondary N) is 1. The van der Waals surface area contributed by atoms with Crippen molar-refractivity contribution < 1.29 is 10.2 Å². The summed E-state index contributed by atoms with van der Waals surface area (Å²) in [6.45, 7) is 1.15. The summed E-state index contributed by atoms with van der Waals surface area (Å²) >= 11 is 0. The summed E-state index contributed by atoms with van der Waals surface area (Å²) in [6.07, 6.45) is 2.38. The van der Waals surface area contributed by atoms with Gasteiger partial charge in [0, 0.05) is 25.5 Å². The summed E-state index contributed by atoms with van der Waals surface area (Å²) in [5.41, 5.74) is 1.44. The van der Waals surface area contributed by atoms with Crippen molar-refractivity contribution in [2.45, 2.75) is 12.2 Å². The van der Waals surface area contributed by atoms with Gasteiger partial charge in [-0.1, -0.05) is 12.1 Å². The molecule has 126 valence electrons. The third-order valence-corrected chi connectivity index (χ3v) is 2.99. The van der Waals surface area contributed by atoms with E-state index in [-0.39, 0.29) is 0 Å². The highest BCUT2D eigenvalue weighted by Crippen LogP contribution is 2.08. The Bertz CT molecular complexity index is 523. The van der Waals surface area contributed by atoms with Gasteiger partial charge in [0.15, 0.2) is 0 Å². The molecule has 6 heteroatoms. The molecule has 0 bridgehead atoms. The SMILES string of the molecule is CN(C)C[C@@H](O)c1ccccn1.CNC[C@@H](O)c1ccccn1. The van der Waals surface area contributed by atoms with Crippen molar-refractivity contribution in [1.29, 1.82) is 0 Å². The van der Waals surface area contributed by atoms with Crippen LogP contribution in [-0.2, 0) is 0 Å². The lowest BCUT2D eigenvalue weighted by Gasteiger charge is -2.14. The summed E-state index contributed by atoms with van der Waals surface area (Å²) in [4.78, 5) is 9.99. The fourth-order valence-electron chi connectivity index (χ4n) is 1.88. The predicted molar refractivity (Wildman–Crippen MR) is 90.9 cm³/mol. The fraction of sp³-hybridized carbons (Fsp3) is 0.412. The first-order chi connectivity index (χ1) is 11.0. The van der Waals surface area contributed by atoms with E-state index >= 15 is 0 Å². The maximum Gasteiger partial charge on any atom is 0.109 e. The first-order valence-electron chi connectivity index (χ1n) is 7.52. The van der Waals surface area contributed by atoms with Crippen LogP contribution < -0.4 is 5.32 Å². The number of hydrogen-bond donors (Lipinski definition) is 3. The molecule has 23 heavy (non-hydrogen) atoms. The van der Waals surface area contributed by atoms with E-state index in [9.17, 15) is 10.2 Å². The molecule has 2 atom stereocenters. The second kappa shape index (κ2) is 10.8. The maximum atomic E-state index is 9.59. The molecule has 0 radical (unpaired) electrons. The van der Waals surface area contributed by atoms with Gasteiger partial charge in [-0.05, 0) is 45.4 Å². The van der Waals surface area contributed by atoms with Crippen LogP contribution in [0, 0.1) is 0 Å². The Balaban J connectivity index is 0.000000231. The van der Waals surface area contributed by atoms with E-state index in [2.05, 4.69) is 15.3 Å². The minimum atomic E-state index is -0.499. The summed E-state index contributed by atoms with van der Waals surface area (Å²) in [5, 5.41) is 21.9. The standard InChI is InChI=1S/C9H14N2O.C8H12N2O/c1-11(2)7-9(12)8-5-3-4-6-10-8;1-9-6-8(11)7-4-2-3-5-10-7/h3-6,9,12H,7H2,1-2H3;2-5,8-9,11H,6H2,1H3/t9-;8-/m11/s1. The summed E-state index contributed by atoms with van der Waals surface area (Å²) in [5.74, 6) is 0. The van der Waals surface area contributed by atoms with Crippen LogP contribution in [0.2, 0.25) is 0 Å². The summed E-state index contributed by atoms with van der Waals surface area (Å²) < 4.78 is 0. The molecule has 2 aromatic rings. The molecule has 2 rings (SSSR count). The Kier molecular flexibility index (Phi) is 9.01. The van der Waals surface area contributed by atoms with Crippen molar-refractivity contribution >= 4 is 0 Å². The van der Waals surface area contributed by atoms with E-state index in [0.717, 1.165) is 5.69 Å². The topological polar surface area (TPSA) is 81.5 Å². The van der Waals surface area contributed by atoms with Gasteiger partial charge < -0.3 is 20.4 Å². The highest BCUT2D eigenvalue weighted by molar-refractivity contribution is 5.07. The van der Waals surface area contributed by atoms with E-state index in [1.165, 1.54) is 0 Å². The van der Waals surface area contributed by atoms with E-state index in [0.29, 0.717) is 18.8 Å². The van der Waals surface area contributed by atoms with Gasteiger partial charge in [0.1, 0.15) is 12.2 Å². The zero-order valence-corrected chi connectivity index (χ0v) is 13.9. The lowest BCUT2D eigenvalue weighted by molar-refractivity contribution is 0.134. The smallest absolute Gasteiger partial charge is 0.109 e. The fourth-order valence-corrected chi connectivity index (χ4v) is 1.88. The van der Waals surface area contributed by atoms with Gasteiger partial charge >= 0.3 is 0 Å². The zero-order valence-electron chi connectivity index (χ0n) is 13.9. The number of aliphatic hydroxyl groups excluding tert-OH is 2. The predicted octanol–water partition coefficient (Wildman–Crippen LogP) is 1.01. The lowest BCUT2D eigenvalue weighted by atomic mass is 10.2. The van der Waals surface area contributed by atoms with Crippen LogP contribution >= 0.6 is 0 Å². The van der Waals surface area contributed by atoms with E-state index in [1.54, 1.807) is 19.4 Å². The molecule has 0 aromatic carbocycles. The Morgan fingerprint density at radius 2 is 1.48 bits per heavy atom. The Hall–Kier alpha value is -1.86. The van der Waals surface area contributed by atoms with Gasteiger partial charge in [-0.15, -0.1) is 0 Å². The van der Waals surface area contributed by atoms with Crippen LogP contribution in [-0.4, -0.2) is 59.3 Å². The van der Waals surface area contributed by atoms with Crippen molar-refractivity contribution in [2.75, 3.05) is 34.2 Å². The zero-order chi connectivity index (χ0) is 17.1. The average Bonchev–Trinajstić information content (AvgIpc) is 2.57. The molecular formula is C17H26N4O2. The van der Waals surface area contributed by atoms with E-state index in [4.69, 9.17) is 0 Å². The molecule has 0 aliphatic carbocycles. The number of rotatable bonds is 6. The molecule has 0 aliphatic heterocycles. The summed E-state index contributed by atoms with van der Waals surface area (Å²) in [6, 6.07) is 11.0. The van der Waals surface area contributed by atoms with E-state index < -0.39 is 12.2 Å². The molecule has 0 aliphatic rings. The summed E-state index contributed by atoms with van der Waals surface area (Å²) in [7, 11) is 5.64. The highest BCUT2D eigenvalue weighted by Gasteiger charge is 2.08. The molecule has 0 fully saturated rings. The van der Waals surface area contributed by atoms with Crippen molar-refractivity contribution in [1.82, 2.24) is 20.2 Å². The van der Waals surface area contributed by atoms with Crippen LogP contribution in [0.15, 0.2) is 48.8 Å². The highest BCUT2D eigenvalue weighted by atomic mass is 16.3. The van der Waals surface area contributed by atoms with Crippen molar-refractivity contribution in [3.05, 3.63) is 60.2 Å². The molecule has 2 heterocycles. The molecule has 0 saturated heterocycles. The van der Waals surface area contributed by atoms with E-state index in [1.807, 2.05) is 55.4 Å². The van der Waals surface area contributed by atoms with Crippen LogP contribution in [0.5, 0.6) is 0 Å². The van der Waals surface area contributed by atoms with Crippen molar-refractivity contribution in [2.24, 2.45) is 0 Å². The van der Waals surface area contributed by atoms with Crippen LogP contribution in [0.1, 0.15) is 23.6 Å². The second-order valence-electron chi connectivity index (χ2n) is 5.36. The molecular weight excluding hydrogens is 292 g/mol. The number of aromatic nitrogens is 2. The van der Waals surface area contributed by atoms with Gasteiger partial charge in [-0.25, -0.2) is 0 Å². The molecule has 3 N–H and O–H groups in total. The molecule has 6 nitrogen and oxygen atoms in total. The van der Waals surface area contributed by atoms with Gasteiger partial charge in [-0.3, -0.25) is 9.97 Å². The molecule has 0 unspecified atom stereocenters. The molecule has 2 aromatic heterocycles. The van der Waals surface area contributed by atoms with Crippen LogP contribution in [0.25, 0.3) is 0 Å². The molecule has 0 spiro atoms. The Morgan fingerprint density at radius 3 is 1.87 bits per heavy atom. The number of pyridine rings is 2. The number of likely N-dealkylation sites (N-methyl/N-ethyl adjacent to an activating group) is 2. The molecule has 0 amide bonds. The second-order valence-corrected chi connectivity index (χ2v) is 5.36. The minimum Gasteiger partial charge on any atom is -0.385 e. The third kappa shape index (κ3) is 7.80. The third-order valence-electron chi connectivity index (χ3n) is 2.99. The average molecular weight is 318 g/mol. The van der Waals surface area contributed by atoms with Crippen LogP contribution in [0.3, 0.4) is 0 Å². The Morgan fingerprint density at radius 1 is 0.957 bits per heavy atom. The van der Waals surface area contributed by atoms with Gasteiger partial charge in [-0.2, -0.15) is 0 Å². The normalized spacial score (nSPS) is 13.1. The van der Waals surface area contributed by atoms with Gasteiger partial charge in [0.05, 0.1) is 11.4 Å². The first kappa shape index (κ1) is 19.2. The maximum absolute atomic E-state index is 9.59. The largest absolute Gasteiger partial charge is 0.385 e. The monoisotopic (exact) mass is 318 g/mol. The first-order valence-corrected chi connectivity index (χ1v) is 7.52. The van der Waals surface area contributed by atoms with Crippen molar-refractivity contribution in [3.63, 3.8) is 0 Å². The van der Waals surface area contributed by atoms with Gasteiger partial charge in [0.25, 0.3) is 0 Å². The number of nitrogens with zero attached hydrogens (tertiary/aromatic N) is 3. The van der Waals surface area contributed by atoms with Crippen LogP contribution in [0.4, 0.5) is 0 Å².